The van der Waals surface area contributed by atoms with Gasteiger partial charge in [-0.1, -0.05) is 30.3 Å². The van der Waals surface area contributed by atoms with Crippen molar-refractivity contribution in [2.75, 3.05) is 0 Å². The van der Waals surface area contributed by atoms with Crippen LogP contribution < -0.4 is 0 Å². The Balaban J connectivity index is 1.89. The summed E-state index contributed by atoms with van der Waals surface area (Å²) in [6, 6.07) is 11.2. The lowest BCUT2D eigenvalue weighted by Gasteiger charge is -2.07. The molecule has 0 spiro atoms. The molecule has 0 saturated carbocycles. The van der Waals surface area contributed by atoms with Gasteiger partial charge in [-0.3, -0.25) is 0 Å². The first-order valence-corrected chi connectivity index (χ1v) is 8.51. The SMILES string of the molecule is Fc1cccc(-c2nc(Cc3cccc(C(F)(F)F)c3)sc2Br)c1. The Morgan fingerprint density at radius 1 is 1.04 bits per heavy atom. The van der Waals surface area contributed by atoms with Gasteiger partial charge < -0.3 is 0 Å². The molecule has 0 aliphatic rings. The quantitative estimate of drug-likeness (QED) is 0.456. The Hall–Kier alpha value is -1.73. The molecule has 0 saturated heterocycles. The van der Waals surface area contributed by atoms with Gasteiger partial charge in [0.05, 0.1) is 20.1 Å². The Kier molecular flexibility index (Phi) is 4.73. The van der Waals surface area contributed by atoms with Gasteiger partial charge in [0.25, 0.3) is 0 Å². The van der Waals surface area contributed by atoms with E-state index < -0.39 is 11.7 Å². The summed E-state index contributed by atoms with van der Waals surface area (Å²) in [5.74, 6) is -0.369. The van der Waals surface area contributed by atoms with E-state index in [9.17, 15) is 17.6 Å². The average molecular weight is 416 g/mol. The van der Waals surface area contributed by atoms with Crippen LogP contribution in [0.25, 0.3) is 11.3 Å². The first kappa shape index (κ1) is 17.1. The Morgan fingerprint density at radius 2 is 1.79 bits per heavy atom. The third kappa shape index (κ3) is 3.84. The molecule has 0 unspecified atom stereocenters. The van der Waals surface area contributed by atoms with Crippen molar-refractivity contribution in [3.8, 4) is 11.3 Å². The minimum atomic E-state index is -4.37. The van der Waals surface area contributed by atoms with Crippen LogP contribution in [0.15, 0.2) is 52.3 Å². The standard InChI is InChI=1S/C17H10BrF4NS/c18-16-15(11-4-2-6-13(19)9-11)23-14(24-16)8-10-3-1-5-12(7-10)17(20,21)22/h1-7,9H,8H2. The molecule has 1 aromatic heterocycles. The molecule has 3 rings (SSSR count). The smallest absolute Gasteiger partial charge is 0.240 e. The van der Waals surface area contributed by atoms with E-state index in [1.807, 2.05) is 0 Å². The van der Waals surface area contributed by atoms with Crippen LogP contribution >= 0.6 is 27.3 Å². The molecule has 0 bridgehead atoms. The van der Waals surface area contributed by atoms with Crippen molar-refractivity contribution in [3.63, 3.8) is 0 Å². The molecule has 7 heteroatoms. The lowest BCUT2D eigenvalue weighted by molar-refractivity contribution is -0.137. The van der Waals surface area contributed by atoms with Crippen molar-refractivity contribution < 1.29 is 17.6 Å². The van der Waals surface area contributed by atoms with Gasteiger partial charge in [-0.15, -0.1) is 11.3 Å². The van der Waals surface area contributed by atoms with E-state index in [0.29, 0.717) is 21.8 Å². The van der Waals surface area contributed by atoms with Crippen LogP contribution in [0.3, 0.4) is 0 Å². The molecule has 3 aromatic rings. The van der Waals surface area contributed by atoms with Crippen molar-refractivity contribution >= 4 is 27.3 Å². The summed E-state index contributed by atoms with van der Waals surface area (Å²) < 4.78 is 52.4. The molecular weight excluding hydrogens is 406 g/mol. The Morgan fingerprint density at radius 3 is 2.50 bits per heavy atom. The van der Waals surface area contributed by atoms with Crippen LogP contribution in [-0.2, 0) is 12.6 Å². The third-order valence-corrected chi connectivity index (χ3v) is 5.04. The zero-order valence-electron chi connectivity index (χ0n) is 12.1. The summed E-state index contributed by atoms with van der Waals surface area (Å²) in [5, 5.41) is 0.653. The predicted molar refractivity (Wildman–Crippen MR) is 89.5 cm³/mol. The Bertz CT molecular complexity index is 873. The average Bonchev–Trinajstić information content (AvgIpc) is 2.87. The Labute approximate surface area is 148 Å². The van der Waals surface area contributed by atoms with Crippen LogP contribution in [-0.4, -0.2) is 4.98 Å². The van der Waals surface area contributed by atoms with Crippen LogP contribution in [0.2, 0.25) is 0 Å². The number of nitrogens with zero attached hydrogens (tertiary/aromatic N) is 1. The molecular formula is C17H10BrF4NS. The molecule has 1 nitrogen and oxygen atoms in total. The molecule has 0 fully saturated rings. The van der Waals surface area contributed by atoms with Crippen LogP contribution in [0.4, 0.5) is 17.6 Å². The molecule has 0 aliphatic heterocycles. The summed E-state index contributed by atoms with van der Waals surface area (Å²) in [7, 11) is 0. The van der Waals surface area contributed by atoms with Gasteiger partial charge in [0.1, 0.15) is 5.82 Å². The van der Waals surface area contributed by atoms with Crippen molar-refractivity contribution in [1.29, 1.82) is 0 Å². The number of thiazole rings is 1. The second-order valence-electron chi connectivity index (χ2n) is 5.12. The fourth-order valence-electron chi connectivity index (χ4n) is 2.26. The van der Waals surface area contributed by atoms with E-state index in [-0.39, 0.29) is 12.2 Å². The van der Waals surface area contributed by atoms with Crippen molar-refractivity contribution in [1.82, 2.24) is 4.98 Å². The lowest BCUT2D eigenvalue weighted by Crippen LogP contribution is -2.05. The first-order chi connectivity index (χ1) is 11.3. The molecule has 24 heavy (non-hydrogen) atoms. The molecule has 124 valence electrons. The van der Waals surface area contributed by atoms with Crippen LogP contribution in [0.1, 0.15) is 16.1 Å². The summed E-state index contributed by atoms with van der Waals surface area (Å²) in [5.41, 5.74) is 1.05. The predicted octanol–water partition coefficient (Wildman–Crippen LogP) is 6.32. The lowest BCUT2D eigenvalue weighted by atomic mass is 10.1. The van der Waals surface area contributed by atoms with Crippen molar-refractivity contribution in [3.05, 3.63) is 74.3 Å². The van der Waals surface area contributed by atoms with E-state index in [0.717, 1.165) is 15.9 Å². The zero-order chi connectivity index (χ0) is 17.3. The minimum Gasteiger partial charge on any atom is -0.240 e. The molecule has 0 aliphatic carbocycles. The molecule has 0 amide bonds. The summed E-state index contributed by atoms with van der Waals surface area (Å²) in [6.45, 7) is 0. The van der Waals surface area contributed by atoms with Gasteiger partial charge in [-0.05, 0) is 39.7 Å². The number of rotatable bonds is 3. The van der Waals surface area contributed by atoms with E-state index in [1.54, 1.807) is 18.2 Å². The fraction of sp³-hybridized carbons (Fsp3) is 0.118. The van der Waals surface area contributed by atoms with Gasteiger partial charge >= 0.3 is 6.18 Å². The number of hydrogen-bond donors (Lipinski definition) is 0. The number of hydrogen-bond acceptors (Lipinski definition) is 2. The van der Waals surface area contributed by atoms with Crippen molar-refractivity contribution in [2.45, 2.75) is 12.6 Å². The van der Waals surface area contributed by atoms with Gasteiger partial charge in [-0.25, -0.2) is 9.37 Å². The molecule has 0 atom stereocenters. The summed E-state index contributed by atoms with van der Waals surface area (Å²) >= 11 is 4.72. The summed E-state index contributed by atoms with van der Waals surface area (Å²) in [4.78, 5) is 4.43. The highest BCUT2D eigenvalue weighted by atomic mass is 79.9. The monoisotopic (exact) mass is 415 g/mol. The van der Waals surface area contributed by atoms with E-state index in [4.69, 9.17) is 0 Å². The maximum Gasteiger partial charge on any atom is 0.416 e. The van der Waals surface area contributed by atoms with E-state index in [2.05, 4.69) is 20.9 Å². The fourth-order valence-corrected chi connectivity index (χ4v) is 3.99. The first-order valence-electron chi connectivity index (χ1n) is 6.90. The van der Waals surface area contributed by atoms with Gasteiger partial charge in [0.15, 0.2) is 0 Å². The maximum absolute atomic E-state index is 13.3. The van der Waals surface area contributed by atoms with Crippen molar-refractivity contribution in [2.24, 2.45) is 0 Å². The minimum absolute atomic E-state index is 0.280. The number of aromatic nitrogens is 1. The van der Waals surface area contributed by atoms with Gasteiger partial charge in [0.2, 0.25) is 0 Å². The number of halogens is 5. The maximum atomic E-state index is 13.3. The van der Waals surface area contributed by atoms with Crippen LogP contribution in [0.5, 0.6) is 0 Å². The van der Waals surface area contributed by atoms with Gasteiger partial charge in [-0.2, -0.15) is 13.2 Å². The molecule has 0 radical (unpaired) electrons. The molecule has 1 heterocycles. The van der Waals surface area contributed by atoms with Gasteiger partial charge in [0, 0.05) is 12.0 Å². The number of benzene rings is 2. The highest BCUT2D eigenvalue weighted by molar-refractivity contribution is 9.11. The second-order valence-corrected chi connectivity index (χ2v) is 7.52. The molecule has 2 aromatic carbocycles. The largest absolute Gasteiger partial charge is 0.416 e. The zero-order valence-corrected chi connectivity index (χ0v) is 14.5. The topological polar surface area (TPSA) is 12.9 Å². The third-order valence-electron chi connectivity index (χ3n) is 3.34. The van der Waals surface area contributed by atoms with E-state index >= 15 is 0 Å². The molecule has 0 N–H and O–H groups in total. The highest BCUT2D eigenvalue weighted by Gasteiger charge is 2.30. The van der Waals surface area contributed by atoms with Crippen LogP contribution in [0, 0.1) is 5.82 Å². The normalized spacial score (nSPS) is 11.7. The number of alkyl halides is 3. The highest BCUT2D eigenvalue weighted by Crippen LogP contribution is 2.35. The second kappa shape index (κ2) is 6.64. The summed E-state index contributed by atoms with van der Waals surface area (Å²) in [6.07, 6.45) is -4.09. The van der Waals surface area contributed by atoms with E-state index in [1.165, 1.54) is 29.5 Å².